The SMILES string of the molecule is COc1ccc(CCC(=O)OCC(=O)NC(C)c2ccc(Br)cc2)cc1O. The molecule has 0 radical (unpaired) electrons. The molecule has 1 amide bonds. The highest BCUT2D eigenvalue weighted by atomic mass is 79.9. The molecule has 0 saturated heterocycles. The standard InChI is InChI=1S/C20H22BrNO5/c1-13(15-5-7-16(21)8-6-15)22-19(24)12-27-20(25)10-4-14-3-9-18(26-2)17(23)11-14/h3,5-9,11,13,23H,4,10,12H2,1-2H3,(H,22,24). The Balaban J connectivity index is 1.73. The first-order valence-corrected chi connectivity index (χ1v) is 9.24. The molecule has 0 heterocycles. The second kappa shape index (κ2) is 9.97. The number of rotatable bonds is 8. The first-order valence-electron chi connectivity index (χ1n) is 8.45. The number of nitrogens with one attached hydrogen (secondary N) is 1. The molecule has 1 atom stereocenters. The van der Waals surface area contributed by atoms with Crippen molar-refractivity contribution in [1.29, 1.82) is 0 Å². The predicted molar refractivity (Wildman–Crippen MR) is 105 cm³/mol. The molecule has 2 rings (SSSR count). The molecular formula is C20H22BrNO5. The summed E-state index contributed by atoms with van der Waals surface area (Å²) in [5.74, 6) is -0.444. The number of amides is 1. The van der Waals surface area contributed by atoms with Crippen LogP contribution in [0.4, 0.5) is 0 Å². The van der Waals surface area contributed by atoms with Gasteiger partial charge in [0, 0.05) is 10.9 Å². The smallest absolute Gasteiger partial charge is 0.306 e. The van der Waals surface area contributed by atoms with Crippen LogP contribution < -0.4 is 10.1 Å². The van der Waals surface area contributed by atoms with E-state index < -0.39 is 5.97 Å². The van der Waals surface area contributed by atoms with E-state index in [2.05, 4.69) is 21.2 Å². The van der Waals surface area contributed by atoms with E-state index >= 15 is 0 Å². The number of halogens is 1. The summed E-state index contributed by atoms with van der Waals surface area (Å²) >= 11 is 3.36. The Morgan fingerprint density at radius 1 is 1.19 bits per heavy atom. The van der Waals surface area contributed by atoms with E-state index in [9.17, 15) is 14.7 Å². The van der Waals surface area contributed by atoms with E-state index in [0.29, 0.717) is 12.2 Å². The van der Waals surface area contributed by atoms with E-state index in [-0.39, 0.29) is 30.7 Å². The normalized spacial score (nSPS) is 11.5. The number of carbonyl (C=O) groups is 2. The summed E-state index contributed by atoms with van der Waals surface area (Å²) in [6.45, 7) is 1.53. The van der Waals surface area contributed by atoms with Crippen molar-refractivity contribution in [2.45, 2.75) is 25.8 Å². The average molecular weight is 436 g/mol. The highest BCUT2D eigenvalue weighted by molar-refractivity contribution is 9.10. The monoisotopic (exact) mass is 435 g/mol. The van der Waals surface area contributed by atoms with E-state index in [1.54, 1.807) is 18.2 Å². The molecule has 2 aromatic rings. The number of esters is 1. The van der Waals surface area contributed by atoms with Crippen LogP contribution in [-0.2, 0) is 20.7 Å². The third kappa shape index (κ3) is 6.60. The molecule has 1 unspecified atom stereocenters. The molecule has 2 N–H and O–H groups in total. The number of aryl methyl sites for hydroxylation is 1. The number of hydrogen-bond donors (Lipinski definition) is 2. The van der Waals surface area contributed by atoms with Gasteiger partial charge in [0.2, 0.25) is 0 Å². The van der Waals surface area contributed by atoms with Gasteiger partial charge in [-0.25, -0.2) is 0 Å². The lowest BCUT2D eigenvalue weighted by atomic mass is 10.1. The Morgan fingerprint density at radius 2 is 1.89 bits per heavy atom. The van der Waals surface area contributed by atoms with Gasteiger partial charge < -0.3 is 19.9 Å². The van der Waals surface area contributed by atoms with E-state index in [1.165, 1.54) is 7.11 Å². The molecule has 2 aromatic carbocycles. The fourth-order valence-corrected chi connectivity index (χ4v) is 2.74. The molecule has 27 heavy (non-hydrogen) atoms. The summed E-state index contributed by atoms with van der Waals surface area (Å²) in [5.41, 5.74) is 1.73. The van der Waals surface area contributed by atoms with Crippen LogP contribution in [0.15, 0.2) is 46.9 Å². The first-order chi connectivity index (χ1) is 12.9. The number of carbonyl (C=O) groups excluding carboxylic acids is 2. The Hall–Kier alpha value is -2.54. The van der Waals surface area contributed by atoms with Crippen molar-refractivity contribution in [1.82, 2.24) is 5.32 Å². The van der Waals surface area contributed by atoms with Gasteiger partial charge in [0.15, 0.2) is 18.1 Å². The molecule has 144 valence electrons. The number of aromatic hydroxyl groups is 1. The molecule has 7 heteroatoms. The van der Waals surface area contributed by atoms with Gasteiger partial charge in [0.05, 0.1) is 13.2 Å². The molecule has 0 saturated carbocycles. The van der Waals surface area contributed by atoms with Crippen molar-refractivity contribution in [3.8, 4) is 11.5 Å². The number of hydrogen-bond acceptors (Lipinski definition) is 5. The molecule has 0 spiro atoms. The van der Waals surface area contributed by atoms with Gasteiger partial charge in [-0.3, -0.25) is 9.59 Å². The van der Waals surface area contributed by atoms with E-state index in [4.69, 9.17) is 9.47 Å². The maximum Gasteiger partial charge on any atom is 0.306 e. The van der Waals surface area contributed by atoms with Gasteiger partial charge >= 0.3 is 5.97 Å². The van der Waals surface area contributed by atoms with Crippen LogP contribution in [0.3, 0.4) is 0 Å². The second-order valence-electron chi connectivity index (χ2n) is 6.01. The van der Waals surface area contributed by atoms with Gasteiger partial charge in [0.25, 0.3) is 5.91 Å². The highest BCUT2D eigenvalue weighted by Crippen LogP contribution is 2.26. The Morgan fingerprint density at radius 3 is 2.52 bits per heavy atom. The fraction of sp³-hybridized carbons (Fsp3) is 0.300. The van der Waals surface area contributed by atoms with Crippen molar-refractivity contribution in [3.05, 3.63) is 58.1 Å². The summed E-state index contributed by atoms with van der Waals surface area (Å²) in [7, 11) is 1.47. The molecule has 0 aliphatic rings. The number of methoxy groups -OCH3 is 1. The lowest BCUT2D eigenvalue weighted by Gasteiger charge is -2.14. The minimum absolute atomic E-state index is 0.0182. The van der Waals surface area contributed by atoms with Crippen LogP contribution in [0.5, 0.6) is 11.5 Å². The summed E-state index contributed by atoms with van der Waals surface area (Å²) in [6.07, 6.45) is 0.509. The third-order valence-corrected chi connectivity index (χ3v) is 4.50. The Bertz CT molecular complexity index is 791. The van der Waals surface area contributed by atoms with Crippen LogP contribution in [-0.4, -0.2) is 30.7 Å². The van der Waals surface area contributed by atoms with Gasteiger partial charge in [-0.15, -0.1) is 0 Å². The van der Waals surface area contributed by atoms with Crippen LogP contribution in [0.1, 0.15) is 30.5 Å². The summed E-state index contributed by atoms with van der Waals surface area (Å²) < 4.78 is 10.9. The molecular weight excluding hydrogens is 414 g/mol. The van der Waals surface area contributed by atoms with E-state index in [0.717, 1.165) is 15.6 Å². The Labute approximate surface area is 166 Å². The maximum atomic E-state index is 11.9. The lowest BCUT2D eigenvalue weighted by Crippen LogP contribution is -2.31. The number of ether oxygens (including phenoxy) is 2. The molecule has 6 nitrogen and oxygen atoms in total. The average Bonchev–Trinajstić information content (AvgIpc) is 2.65. The molecule has 0 bridgehead atoms. The largest absolute Gasteiger partial charge is 0.504 e. The first kappa shape index (κ1) is 20.8. The van der Waals surface area contributed by atoms with Gasteiger partial charge in [-0.1, -0.05) is 34.1 Å². The number of phenols is 1. The third-order valence-electron chi connectivity index (χ3n) is 3.97. The zero-order valence-corrected chi connectivity index (χ0v) is 16.8. The molecule has 0 fully saturated rings. The minimum Gasteiger partial charge on any atom is -0.504 e. The van der Waals surface area contributed by atoms with Crippen molar-refractivity contribution in [2.75, 3.05) is 13.7 Å². The highest BCUT2D eigenvalue weighted by Gasteiger charge is 2.12. The van der Waals surface area contributed by atoms with E-state index in [1.807, 2.05) is 31.2 Å². The van der Waals surface area contributed by atoms with Crippen LogP contribution in [0.25, 0.3) is 0 Å². The van der Waals surface area contributed by atoms with Crippen molar-refractivity contribution >= 4 is 27.8 Å². The van der Waals surface area contributed by atoms with Gasteiger partial charge in [-0.2, -0.15) is 0 Å². The predicted octanol–water partition coefficient (Wildman–Crippen LogP) is 3.52. The lowest BCUT2D eigenvalue weighted by molar-refractivity contribution is -0.148. The quantitative estimate of drug-likeness (QED) is 0.619. The molecule has 0 aromatic heterocycles. The van der Waals surface area contributed by atoms with Crippen LogP contribution in [0.2, 0.25) is 0 Å². The maximum absolute atomic E-state index is 11.9. The van der Waals surface area contributed by atoms with Crippen molar-refractivity contribution in [2.24, 2.45) is 0 Å². The second-order valence-corrected chi connectivity index (χ2v) is 6.92. The van der Waals surface area contributed by atoms with Crippen molar-refractivity contribution < 1.29 is 24.2 Å². The summed E-state index contributed by atoms with van der Waals surface area (Å²) in [5, 5.41) is 12.5. The Kier molecular flexibility index (Phi) is 7.67. The zero-order valence-electron chi connectivity index (χ0n) is 15.2. The number of phenolic OH excluding ortho intramolecular Hbond substituents is 1. The minimum atomic E-state index is -0.475. The van der Waals surface area contributed by atoms with Crippen molar-refractivity contribution in [3.63, 3.8) is 0 Å². The summed E-state index contributed by atoms with van der Waals surface area (Å²) in [4.78, 5) is 23.8. The van der Waals surface area contributed by atoms with Crippen LogP contribution in [0, 0.1) is 0 Å². The fourth-order valence-electron chi connectivity index (χ4n) is 2.47. The topological polar surface area (TPSA) is 84.9 Å². The summed E-state index contributed by atoms with van der Waals surface area (Å²) in [6, 6.07) is 12.4. The zero-order chi connectivity index (χ0) is 19.8. The van der Waals surface area contributed by atoms with Gasteiger partial charge in [0.1, 0.15) is 0 Å². The van der Waals surface area contributed by atoms with Crippen LogP contribution >= 0.6 is 15.9 Å². The molecule has 0 aliphatic carbocycles. The molecule has 0 aliphatic heterocycles. The van der Waals surface area contributed by atoms with Gasteiger partial charge in [-0.05, 0) is 48.7 Å². The number of benzene rings is 2.